The van der Waals surface area contributed by atoms with Crippen molar-refractivity contribution in [1.29, 1.82) is 5.26 Å². The molecule has 1 amide bonds. The summed E-state index contributed by atoms with van der Waals surface area (Å²) in [5.74, 6) is 0.463. The van der Waals surface area contributed by atoms with Crippen molar-refractivity contribution in [3.8, 4) is 11.8 Å². The number of nitrogens with zero attached hydrogens (tertiary/aromatic N) is 3. The van der Waals surface area contributed by atoms with Crippen LogP contribution in [0, 0.1) is 11.3 Å². The number of amides is 1. The molecule has 0 spiro atoms. The second-order valence-corrected chi connectivity index (χ2v) is 5.86. The van der Waals surface area contributed by atoms with Gasteiger partial charge >= 0.3 is 0 Å². The lowest BCUT2D eigenvalue weighted by Gasteiger charge is -2.15. The normalized spacial score (nSPS) is 11.7. The van der Waals surface area contributed by atoms with E-state index in [-0.39, 0.29) is 18.6 Å². The predicted octanol–water partition coefficient (Wildman–Crippen LogP) is 1.59. The molecular weight excluding hydrogens is 312 g/mol. The summed E-state index contributed by atoms with van der Waals surface area (Å²) in [6.45, 7) is 0.0287. The summed E-state index contributed by atoms with van der Waals surface area (Å²) < 4.78 is 1.56. The third-order valence-electron chi connectivity index (χ3n) is 3.24. The Labute approximate surface area is 139 Å². The molecule has 1 aromatic carbocycles. The zero-order chi connectivity index (χ0) is 16.7. The van der Waals surface area contributed by atoms with Crippen molar-refractivity contribution in [2.75, 3.05) is 18.6 Å². The summed E-state index contributed by atoms with van der Waals surface area (Å²) in [5.41, 5.74) is 1.56. The van der Waals surface area contributed by atoms with Gasteiger partial charge in [0, 0.05) is 24.6 Å². The molecule has 0 saturated heterocycles. The molecule has 0 fully saturated rings. The smallest absolute Gasteiger partial charge is 0.272 e. The molecule has 1 unspecified atom stereocenters. The number of nitrogens with one attached hydrogen (secondary N) is 1. The molecule has 6 nitrogen and oxygen atoms in total. The maximum absolute atomic E-state index is 12.2. The number of aromatic nitrogens is 2. The van der Waals surface area contributed by atoms with E-state index in [1.807, 2.05) is 12.3 Å². The second-order valence-electron chi connectivity index (χ2n) is 4.95. The van der Waals surface area contributed by atoms with Crippen molar-refractivity contribution in [2.24, 2.45) is 0 Å². The average Bonchev–Trinajstić information content (AvgIpc) is 3.05. The highest BCUT2D eigenvalue weighted by atomic mass is 32.2. The van der Waals surface area contributed by atoms with E-state index in [2.05, 4.69) is 16.5 Å². The summed E-state index contributed by atoms with van der Waals surface area (Å²) in [6, 6.07) is 10.6. The molecule has 1 atom stereocenters. The zero-order valence-electron chi connectivity index (χ0n) is 12.8. The second kappa shape index (κ2) is 8.36. The van der Waals surface area contributed by atoms with E-state index in [9.17, 15) is 4.79 Å². The van der Waals surface area contributed by atoms with Crippen LogP contribution in [0.15, 0.2) is 36.5 Å². The lowest BCUT2D eigenvalue weighted by atomic mass is 10.2. The first-order valence-electron chi connectivity index (χ1n) is 7.14. The van der Waals surface area contributed by atoms with E-state index in [0.717, 1.165) is 11.4 Å². The number of aliphatic hydroxyl groups excluding tert-OH is 1. The van der Waals surface area contributed by atoms with Crippen LogP contribution in [-0.2, 0) is 0 Å². The van der Waals surface area contributed by atoms with Crippen LogP contribution < -0.4 is 5.32 Å². The van der Waals surface area contributed by atoms with Gasteiger partial charge in [0.2, 0.25) is 0 Å². The van der Waals surface area contributed by atoms with Gasteiger partial charge in [-0.1, -0.05) is 6.07 Å². The van der Waals surface area contributed by atoms with Crippen molar-refractivity contribution < 1.29 is 9.90 Å². The van der Waals surface area contributed by atoms with Crippen LogP contribution >= 0.6 is 11.8 Å². The van der Waals surface area contributed by atoms with E-state index < -0.39 is 0 Å². The van der Waals surface area contributed by atoms with E-state index in [4.69, 9.17) is 10.4 Å². The molecule has 2 aromatic rings. The van der Waals surface area contributed by atoms with Crippen LogP contribution in [0.5, 0.6) is 0 Å². The number of carbonyl (C=O) groups is 1. The summed E-state index contributed by atoms with van der Waals surface area (Å²) in [6.07, 6.45) is 4.14. The van der Waals surface area contributed by atoms with E-state index in [1.165, 1.54) is 0 Å². The van der Waals surface area contributed by atoms with Gasteiger partial charge in [0.1, 0.15) is 0 Å². The van der Waals surface area contributed by atoms with Gasteiger partial charge in [-0.15, -0.1) is 0 Å². The Hall–Kier alpha value is -2.30. The van der Waals surface area contributed by atoms with E-state index >= 15 is 0 Å². The molecule has 2 N–H and O–H groups in total. The van der Waals surface area contributed by atoms with Crippen LogP contribution in [0.2, 0.25) is 0 Å². The minimum Gasteiger partial charge on any atom is -0.396 e. The largest absolute Gasteiger partial charge is 0.396 e. The van der Waals surface area contributed by atoms with Crippen LogP contribution in [0.3, 0.4) is 0 Å². The summed E-state index contributed by atoms with van der Waals surface area (Å²) >= 11 is 1.61. The van der Waals surface area contributed by atoms with Crippen LogP contribution in [0.1, 0.15) is 22.5 Å². The molecule has 0 aliphatic heterocycles. The van der Waals surface area contributed by atoms with Crippen molar-refractivity contribution >= 4 is 17.7 Å². The molecule has 120 valence electrons. The minimum absolute atomic E-state index is 0.0287. The monoisotopic (exact) mass is 330 g/mol. The molecule has 0 bridgehead atoms. The highest BCUT2D eigenvalue weighted by Crippen LogP contribution is 2.10. The number of hydrogen-bond donors (Lipinski definition) is 2. The minimum atomic E-state index is -0.271. The molecule has 0 radical (unpaired) electrons. The Balaban J connectivity index is 2.11. The SMILES string of the molecule is CSCC(CCO)NC(=O)c1ccn(-c2cccc(C#N)c2)n1. The Morgan fingerprint density at radius 1 is 1.52 bits per heavy atom. The predicted molar refractivity (Wildman–Crippen MR) is 89.6 cm³/mol. The third kappa shape index (κ3) is 4.58. The number of aliphatic hydroxyl groups is 1. The van der Waals surface area contributed by atoms with Crippen molar-refractivity contribution in [3.05, 3.63) is 47.8 Å². The summed E-state index contributed by atoms with van der Waals surface area (Å²) in [5, 5.41) is 25.1. The van der Waals surface area contributed by atoms with Crippen LogP contribution in [0.4, 0.5) is 0 Å². The Morgan fingerprint density at radius 2 is 2.35 bits per heavy atom. The fraction of sp³-hybridized carbons (Fsp3) is 0.312. The number of carbonyl (C=O) groups excluding carboxylic acids is 1. The Morgan fingerprint density at radius 3 is 3.04 bits per heavy atom. The van der Waals surface area contributed by atoms with Gasteiger partial charge in [0.15, 0.2) is 5.69 Å². The van der Waals surface area contributed by atoms with Crippen molar-refractivity contribution in [3.63, 3.8) is 0 Å². The first-order chi connectivity index (χ1) is 11.2. The Bertz CT molecular complexity index is 702. The summed E-state index contributed by atoms with van der Waals surface area (Å²) in [4.78, 5) is 12.2. The van der Waals surface area contributed by atoms with Crippen LogP contribution in [-0.4, -0.2) is 45.5 Å². The van der Waals surface area contributed by atoms with Gasteiger partial charge in [0.25, 0.3) is 5.91 Å². The van der Waals surface area contributed by atoms with Crippen LogP contribution in [0.25, 0.3) is 5.69 Å². The highest BCUT2D eigenvalue weighted by molar-refractivity contribution is 7.98. The van der Waals surface area contributed by atoms with E-state index in [0.29, 0.717) is 17.7 Å². The lowest BCUT2D eigenvalue weighted by molar-refractivity contribution is 0.0930. The Kier molecular flexibility index (Phi) is 6.20. The molecule has 7 heteroatoms. The molecule has 0 aliphatic carbocycles. The molecule has 0 aliphatic rings. The number of rotatable bonds is 7. The summed E-state index contributed by atoms with van der Waals surface area (Å²) in [7, 11) is 0. The number of thioether (sulfide) groups is 1. The zero-order valence-corrected chi connectivity index (χ0v) is 13.6. The fourth-order valence-corrected chi connectivity index (χ4v) is 2.77. The topological polar surface area (TPSA) is 90.9 Å². The van der Waals surface area contributed by atoms with Gasteiger partial charge < -0.3 is 10.4 Å². The fourth-order valence-electron chi connectivity index (χ4n) is 2.12. The maximum Gasteiger partial charge on any atom is 0.272 e. The quantitative estimate of drug-likeness (QED) is 0.804. The molecule has 1 heterocycles. The van der Waals surface area contributed by atoms with Gasteiger partial charge in [-0.05, 0) is 36.9 Å². The molecule has 2 rings (SSSR count). The first-order valence-corrected chi connectivity index (χ1v) is 8.54. The van der Waals surface area contributed by atoms with Gasteiger partial charge in [-0.3, -0.25) is 4.79 Å². The average molecular weight is 330 g/mol. The molecular formula is C16H18N4O2S. The number of hydrogen-bond acceptors (Lipinski definition) is 5. The highest BCUT2D eigenvalue weighted by Gasteiger charge is 2.15. The first kappa shape index (κ1) is 17.1. The maximum atomic E-state index is 12.2. The molecule has 1 aromatic heterocycles. The third-order valence-corrected chi connectivity index (χ3v) is 3.98. The number of benzene rings is 1. The van der Waals surface area contributed by atoms with Crippen molar-refractivity contribution in [2.45, 2.75) is 12.5 Å². The van der Waals surface area contributed by atoms with E-state index in [1.54, 1.807) is 46.9 Å². The van der Waals surface area contributed by atoms with Crippen molar-refractivity contribution in [1.82, 2.24) is 15.1 Å². The van der Waals surface area contributed by atoms with Gasteiger partial charge in [-0.25, -0.2) is 4.68 Å². The molecule has 23 heavy (non-hydrogen) atoms. The standard InChI is InChI=1S/C16H18N4O2S/c1-23-11-13(6-8-21)18-16(22)15-5-7-20(19-15)14-4-2-3-12(9-14)10-17/h2-5,7,9,13,21H,6,8,11H2,1H3,(H,18,22). The number of nitriles is 1. The molecule has 0 saturated carbocycles. The van der Waals surface area contributed by atoms with Gasteiger partial charge in [0.05, 0.1) is 17.3 Å². The van der Waals surface area contributed by atoms with Gasteiger partial charge in [-0.2, -0.15) is 22.1 Å². The lowest BCUT2D eigenvalue weighted by Crippen LogP contribution is -2.37.